The molecule has 0 heterocycles. The SMILES string of the molecule is C=CC(=O)OCCCCCCCCCCCCCC[Si](C)(C)F. The third-order valence-electron chi connectivity index (χ3n) is 4.08. The molecule has 0 N–H and O–H groups in total. The average Bonchev–Trinajstić information content (AvgIpc) is 2.49. The van der Waals surface area contributed by atoms with Crippen molar-refractivity contribution in [2.24, 2.45) is 0 Å². The lowest BCUT2D eigenvalue weighted by molar-refractivity contribution is -0.137. The summed E-state index contributed by atoms with van der Waals surface area (Å²) in [6.07, 6.45) is 16.0. The summed E-state index contributed by atoms with van der Waals surface area (Å²) in [4.78, 5) is 10.8. The van der Waals surface area contributed by atoms with Gasteiger partial charge in [-0.1, -0.05) is 77.2 Å². The van der Waals surface area contributed by atoms with Crippen molar-refractivity contribution < 1.29 is 13.6 Å². The summed E-state index contributed by atoms with van der Waals surface area (Å²) in [5.74, 6) is -0.319. The van der Waals surface area contributed by atoms with E-state index in [9.17, 15) is 8.90 Å². The monoisotopic (exact) mass is 344 g/mol. The van der Waals surface area contributed by atoms with Crippen molar-refractivity contribution in [2.75, 3.05) is 6.61 Å². The molecular formula is C19H37FO2Si. The predicted molar refractivity (Wildman–Crippen MR) is 100.0 cm³/mol. The van der Waals surface area contributed by atoms with Gasteiger partial charge in [0.05, 0.1) is 6.61 Å². The first kappa shape index (κ1) is 22.4. The van der Waals surface area contributed by atoms with E-state index >= 15 is 0 Å². The Bertz CT molecular complexity index is 300. The van der Waals surface area contributed by atoms with Crippen LogP contribution in [0.25, 0.3) is 0 Å². The molecule has 0 aromatic rings. The van der Waals surface area contributed by atoms with Gasteiger partial charge in [-0.3, -0.25) is 0 Å². The number of hydrogen-bond donors (Lipinski definition) is 0. The molecule has 0 aliphatic carbocycles. The third-order valence-corrected chi connectivity index (χ3v) is 5.62. The molecule has 0 radical (unpaired) electrons. The van der Waals surface area contributed by atoms with Crippen LogP contribution in [0, 0.1) is 0 Å². The number of hydrogen-bond acceptors (Lipinski definition) is 2. The summed E-state index contributed by atoms with van der Waals surface area (Å²) in [6, 6.07) is 0.833. The van der Waals surface area contributed by atoms with Crippen LogP contribution >= 0.6 is 0 Å². The van der Waals surface area contributed by atoms with E-state index in [1.54, 1.807) is 13.1 Å². The van der Waals surface area contributed by atoms with Gasteiger partial charge < -0.3 is 8.84 Å². The van der Waals surface area contributed by atoms with Crippen molar-refractivity contribution in [2.45, 2.75) is 96.2 Å². The summed E-state index contributed by atoms with van der Waals surface area (Å²) in [7, 11) is -2.30. The number of esters is 1. The Morgan fingerprint density at radius 3 is 1.65 bits per heavy atom. The van der Waals surface area contributed by atoms with Gasteiger partial charge in [0.25, 0.3) is 0 Å². The van der Waals surface area contributed by atoms with E-state index < -0.39 is 8.41 Å². The molecule has 0 aromatic carbocycles. The van der Waals surface area contributed by atoms with Gasteiger partial charge in [-0.25, -0.2) is 4.79 Å². The largest absolute Gasteiger partial charge is 0.463 e. The number of ether oxygens (including phenoxy) is 1. The van der Waals surface area contributed by atoms with E-state index in [4.69, 9.17) is 4.74 Å². The molecule has 23 heavy (non-hydrogen) atoms. The zero-order chi connectivity index (χ0) is 17.4. The Balaban J connectivity index is 3.08. The highest BCUT2D eigenvalue weighted by Gasteiger charge is 2.18. The number of carbonyl (C=O) groups is 1. The molecule has 0 saturated carbocycles. The minimum Gasteiger partial charge on any atom is -0.463 e. The van der Waals surface area contributed by atoms with Crippen LogP contribution in [-0.2, 0) is 9.53 Å². The second-order valence-electron chi connectivity index (χ2n) is 7.08. The van der Waals surface area contributed by atoms with Crippen LogP contribution < -0.4 is 0 Å². The quantitative estimate of drug-likeness (QED) is 0.104. The standard InChI is InChI=1S/C19H37FO2Si/c1-4-19(21)22-17-15-13-11-9-7-5-6-8-10-12-14-16-18-23(2,3)20/h4H,1,5-18H2,2-3H3. The van der Waals surface area contributed by atoms with E-state index in [1.807, 2.05) is 0 Å². The number of carbonyl (C=O) groups excluding carboxylic acids is 1. The minimum atomic E-state index is -2.30. The van der Waals surface area contributed by atoms with Crippen LogP contribution in [0.1, 0.15) is 77.0 Å². The molecule has 0 aliphatic rings. The summed E-state index contributed by atoms with van der Waals surface area (Å²) in [5, 5.41) is 0. The van der Waals surface area contributed by atoms with E-state index in [0.717, 1.165) is 25.3 Å². The normalized spacial score (nSPS) is 11.4. The highest BCUT2D eigenvalue weighted by Crippen LogP contribution is 2.17. The lowest BCUT2D eigenvalue weighted by Gasteiger charge is -2.09. The van der Waals surface area contributed by atoms with Crippen LogP contribution in [0.4, 0.5) is 4.11 Å². The van der Waals surface area contributed by atoms with Crippen LogP contribution in [0.2, 0.25) is 19.1 Å². The molecule has 0 amide bonds. The van der Waals surface area contributed by atoms with Gasteiger partial charge in [0.2, 0.25) is 8.41 Å². The Morgan fingerprint density at radius 2 is 1.26 bits per heavy atom. The summed E-state index contributed by atoms with van der Waals surface area (Å²) in [5.41, 5.74) is 0. The molecular weight excluding hydrogens is 307 g/mol. The Labute approximate surface area is 144 Å². The fourth-order valence-corrected chi connectivity index (χ4v) is 3.74. The first-order chi connectivity index (χ1) is 11.0. The van der Waals surface area contributed by atoms with Crippen molar-refractivity contribution in [3.8, 4) is 0 Å². The Hall–Kier alpha value is -0.643. The summed E-state index contributed by atoms with van der Waals surface area (Å²) >= 11 is 0. The van der Waals surface area contributed by atoms with Gasteiger partial charge in [0, 0.05) is 6.08 Å². The van der Waals surface area contributed by atoms with E-state index in [0.29, 0.717) is 6.61 Å². The smallest absolute Gasteiger partial charge is 0.330 e. The van der Waals surface area contributed by atoms with Crippen LogP contribution in [-0.4, -0.2) is 21.0 Å². The van der Waals surface area contributed by atoms with Crippen molar-refractivity contribution in [3.05, 3.63) is 12.7 Å². The average molecular weight is 345 g/mol. The summed E-state index contributed by atoms with van der Waals surface area (Å²) < 4.78 is 18.3. The first-order valence-corrected chi connectivity index (χ1v) is 12.5. The number of unbranched alkanes of at least 4 members (excludes halogenated alkanes) is 11. The maximum absolute atomic E-state index is 13.4. The van der Waals surface area contributed by atoms with Crippen LogP contribution in [0.15, 0.2) is 12.7 Å². The first-order valence-electron chi connectivity index (χ1n) is 9.44. The number of rotatable bonds is 16. The second-order valence-corrected chi connectivity index (χ2v) is 11.0. The fourth-order valence-electron chi connectivity index (χ4n) is 2.65. The van der Waals surface area contributed by atoms with Crippen molar-refractivity contribution in [1.82, 2.24) is 0 Å². The van der Waals surface area contributed by atoms with Crippen LogP contribution in [0.5, 0.6) is 0 Å². The zero-order valence-corrected chi connectivity index (χ0v) is 16.4. The van der Waals surface area contributed by atoms with Gasteiger partial charge in [-0.2, -0.15) is 0 Å². The van der Waals surface area contributed by atoms with Gasteiger partial charge in [0.15, 0.2) is 0 Å². The molecule has 0 fully saturated rings. The van der Waals surface area contributed by atoms with Gasteiger partial charge in [-0.05, 0) is 25.6 Å². The second kappa shape index (κ2) is 14.9. The van der Waals surface area contributed by atoms with E-state index in [2.05, 4.69) is 6.58 Å². The molecule has 0 aliphatic heterocycles. The van der Waals surface area contributed by atoms with Gasteiger partial charge >= 0.3 is 5.97 Å². The molecule has 136 valence electrons. The molecule has 0 aromatic heterocycles. The maximum Gasteiger partial charge on any atom is 0.330 e. The zero-order valence-electron chi connectivity index (χ0n) is 15.4. The molecule has 0 bridgehead atoms. The topological polar surface area (TPSA) is 26.3 Å². The molecule has 0 atom stereocenters. The molecule has 4 heteroatoms. The predicted octanol–water partition coefficient (Wildman–Crippen LogP) is 6.57. The molecule has 2 nitrogen and oxygen atoms in total. The maximum atomic E-state index is 13.4. The lowest BCUT2D eigenvalue weighted by Crippen LogP contribution is -2.16. The minimum absolute atomic E-state index is 0.319. The Kier molecular flexibility index (Phi) is 14.5. The Morgan fingerprint density at radius 1 is 0.870 bits per heavy atom. The van der Waals surface area contributed by atoms with E-state index in [1.165, 1.54) is 63.9 Å². The molecule has 0 spiro atoms. The van der Waals surface area contributed by atoms with Gasteiger partial charge in [0.1, 0.15) is 0 Å². The van der Waals surface area contributed by atoms with E-state index in [-0.39, 0.29) is 5.97 Å². The van der Waals surface area contributed by atoms with Crippen molar-refractivity contribution >= 4 is 14.4 Å². The molecule has 0 rings (SSSR count). The van der Waals surface area contributed by atoms with Crippen molar-refractivity contribution in [3.63, 3.8) is 0 Å². The highest BCUT2D eigenvalue weighted by molar-refractivity contribution is 6.70. The highest BCUT2D eigenvalue weighted by atomic mass is 28.4. The molecule has 0 unspecified atom stereocenters. The third kappa shape index (κ3) is 19.3. The lowest BCUT2D eigenvalue weighted by atomic mass is 10.1. The fraction of sp³-hybridized carbons (Fsp3) is 0.842. The molecule has 0 saturated heterocycles. The number of halogens is 1. The van der Waals surface area contributed by atoms with Crippen molar-refractivity contribution in [1.29, 1.82) is 0 Å². The van der Waals surface area contributed by atoms with Crippen LogP contribution in [0.3, 0.4) is 0 Å². The summed E-state index contributed by atoms with van der Waals surface area (Å²) in [6.45, 7) is 7.50. The van der Waals surface area contributed by atoms with Gasteiger partial charge in [-0.15, -0.1) is 0 Å².